The Balaban J connectivity index is 0. The molecule has 0 atom stereocenters. The lowest BCUT2D eigenvalue weighted by atomic mass is 9.96. The fourth-order valence-corrected chi connectivity index (χ4v) is 3.95. The molecule has 1 aromatic rings. The van der Waals surface area contributed by atoms with E-state index in [9.17, 15) is 4.79 Å². The summed E-state index contributed by atoms with van der Waals surface area (Å²) in [6.07, 6.45) is 17.0. The van der Waals surface area contributed by atoms with Crippen LogP contribution in [0, 0.1) is 6.92 Å². The lowest BCUT2D eigenvalue weighted by Crippen LogP contribution is -2.17. The maximum atomic E-state index is 9.85. The molecule has 1 aromatic heterocycles. The van der Waals surface area contributed by atoms with Crippen molar-refractivity contribution in [1.82, 2.24) is 5.32 Å². The molecule has 6 heteroatoms. The summed E-state index contributed by atoms with van der Waals surface area (Å²) in [7, 11) is 3.90. The molecular weight excluding hydrogens is 382 g/mol. The Kier molecular flexibility index (Phi) is 22.9. The van der Waals surface area contributed by atoms with E-state index in [0.717, 1.165) is 32.2 Å². The summed E-state index contributed by atoms with van der Waals surface area (Å²) < 4.78 is 0. The Hall–Kier alpha value is -1.76. The van der Waals surface area contributed by atoms with Gasteiger partial charge in [0.2, 0.25) is 0 Å². The van der Waals surface area contributed by atoms with Crippen molar-refractivity contribution in [3.05, 3.63) is 40.3 Å². The maximum absolute atomic E-state index is 9.85. The number of allylic oxidation sites excluding steroid dienone is 4. The van der Waals surface area contributed by atoms with Crippen molar-refractivity contribution in [1.29, 1.82) is 0 Å². The predicted molar refractivity (Wildman–Crippen MR) is 129 cm³/mol. The van der Waals surface area contributed by atoms with Gasteiger partial charge in [-0.1, -0.05) is 24.3 Å². The Morgan fingerprint density at radius 2 is 1.79 bits per heavy atom. The van der Waals surface area contributed by atoms with Crippen LogP contribution >= 0.6 is 11.3 Å². The van der Waals surface area contributed by atoms with Gasteiger partial charge in [-0.3, -0.25) is 0 Å². The number of anilines is 1. The molecule has 1 heterocycles. The van der Waals surface area contributed by atoms with Crippen LogP contribution < -0.4 is 16.4 Å². The number of carbonyl (C=O) groups excluding carboxylic acids is 2. The molecule has 2 rings (SSSR count). The average molecular weight is 424 g/mol. The summed E-state index contributed by atoms with van der Waals surface area (Å²) in [4.78, 5) is 19.5. The number of hydrogen-bond acceptors (Lipinski definition) is 6. The summed E-state index contributed by atoms with van der Waals surface area (Å²) in [5.41, 5.74) is 8.21. The van der Waals surface area contributed by atoms with Crippen molar-refractivity contribution >= 4 is 29.4 Å². The minimum absolute atomic E-state index is 0.645. The molecule has 0 aliphatic heterocycles. The van der Waals surface area contributed by atoms with Crippen molar-refractivity contribution in [2.75, 3.05) is 32.5 Å². The number of hydrogen-bond donors (Lipinski definition) is 3. The average Bonchev–Trinajstić information content (AvgIpc) is 3.10. The Bertz CT molecular complexity index is 567. The van der Waals surface area contributed by atoms with E-state index in [1.165, 1.54) is 36.2 Å². The van der Waals surface area contributed by atoms with Crippen LogP contribution in [0.1, 0.15) is 55.0 Å². The third-order valence-electron chi connectivity index (χ3n) is 4.18. The standard InChI is InChI=1S/C10H15NS.C9H14O.C3H10N2.CH2O/c1-7-8-5-3-4-6-9(8)12-10(7)11-2;1-2-3-4-5-6-7-8-9-10;1-5-3-2-4;1-2/h11H,3-6H2,1-2H3;2-3,5-6,9H,4,7-8H2,1H3;5H,2-4H2,1H3;1H2/b;3-2-,6-5-;;. The molecule has 0 fully saturated rings. The van der Waals surface area contributed by atoms with Crippen LogP contribution in [0.3, 0.4) is 0 Å². The van der Waals surface area contributed by atoms with Gasteiger partial charge in [-0.25, -0.2) is 0 Å². The lowest BCUT2D eigenvalue weighted by Gasteiger charge is -2.10. The second-order valence-corrected chi connectivity index (χ2v) is 7.43. The van der Waals surface area contributed by atoms with Crippen LogP contribution in [0.4, 0.5) is 5.00 Å². The van der Waals surface area contributed by atoms with E-state index in [4.69, 9.17) is 10.5 Å². The largest absolute Gasteiger partial charge is 0.380 e. The van der Waals surface area contributed by atoms with Gasteiger partial charge in [-0.15, -0.1) is 11.3 Å². The van der Waals surface area contributed by atoms with Crippen LogP contribution in [-0.4, -0.2) is 40.3 Å². The van der Waals surface area contributed by atoms with Crippen molar-refractivity contribution in [2.24, 2.45) is 5.73 Å². The highest BCUT2D eigenvalue weighted by Gasteiger charge is 2.16. The van der Waals surface area contributed by atoms with E-state index in [2.05, 4.69) is 29.7 Å². The number of likely N-dealkylation sites (N-methyl/N-ethyl adjacent to an activating group) is 1. The quantitative estimate of drug-likeness (QED) is 0.327. The SMILES string of the molecule is C/C=C\C/C=C\CCC=O.C=O.CNCCN.CNc1sc2c(c1C)CCCC2. The summed E-state index contributed by atoms with van der Waals surface area (Å²) in [5.74, 6) is 0. The number of nitrogens with one attached hydrogen (secondary N) is 2. The minimum Gasteiger partial charge on any atom is -0.380 e. The molecule has 0 aromatic carbocycles. The zero-order valence-electron chi connectivity index (χ0n) is 18.8. The molecule has 0 bridgehead atoms. The van der Waals surface area contributed by atoms with Gasteiger partial charge in [-0.2, -0.15) is 0 Å². The molecule has 1 aliphatic rings. The van der Waals surface area contributed by atoms with E-state index in [0.29, 0.717) is 6.42 Å². The molecular formula is C23H41N3O2S. The van der Waals surface area contributed by atoms with Crippen molar-refractivity contribution < 1.29 is 9.59 Å². The van der Waals surface area contributed by atoms with Gasteiger partial charge >= 0.3 is 0 Å². The molecule has 1 aliphatic carbocycles. The van der Waals surface area contributed by atoms with Gasteiger partial charge in [-0.05, 0) is 70.5 Å². The van der Waals surface area contributed by atoms with Gasteiger partial charge in [0, 0.05) is 31.4 Å². The minimum atomic E-state index is 0.645. The molecule has 0 spiro atoms. The molecule has 166 valence electrons. The maximum Gasteiger partial charge on any atom is 0.120 e. The van der Waals surface area contributed by atoms with E-state index in [-0.39, 0.29) is 0 Å². The smallest absolute Gasteiger partial charge is 0.120 e. The number of fused-ring (bicyclic) bond motifs is 1. The van der Waals surface area contributed by atoms with E-state index in [1.807, 2.05) is 51.3 Å². The van der Waals surface area contributed by atoms with Crippen LogP contribution in [0.25, 0.3) is 0 Å². The third-order valence-corrected chi connectivity index (χ3v) is 5.59. The highest BCUT2D eigenvalue weighted by atomic mass is 32.1. The van der Waals surface area contributed by atoms with E-state index < -0.39 is 0 Å². The zero-order chi connectivity index (χ0) is 22.3. The van der Waals surface area contributed by atoms with Gasteiger partial charge in [0.25, 0.3) is 0 Å². The van der Waals surface area contributed by atoms with Crippen LogP contribution in [0.5, 0.6) is 0 Å². The summed E-state index contributed by atoms with van der Waals surface area (Å²) in [6.45, 7) is 7.89. The van der Waals surface area contributed by atoms with Crippen molar-refractivity contribution in [3.63, 3.8) is 0 Å². The Morgan fingerprint density at radius 3 is 2.28 bits per heavy atom. The Labute approximate surface area is 181 Å². The molecule has 0 radical (unpaired) electrons. The van der Waals surface area contributed by atoms with Gasteiger partial charge in [0.05, 0.1) is 5.00 Å². The zero-order valence-corrected chi connectivity index (χ0v) is 19.6. The highest BCUT2D eigenvalue weighted by Crippen LogP contribution is 2.36. The highest BCUT2D eigenvalue weighted by molar-refractivity contribution is 7.16. The number of aryl methyl sites for hydroxylation is 1. The van der Waals surface area contributed by atoms with E-state index in [1.54, 1.807) is 10.4 Å². The molecule has 29 heavy (non-hydrogen) atoms. The van der Waals surface area contributed by atoms with Gasteiger partial charge < -0.3 is 26.0 Å². The van der Waals surface area contributed by atoms with Gasteiger partial charge in [0.15, 0.2) is 0 Å². The number of nitrogens with two attached hydrogens (primary N) is 1. The topological polar surface area (TPSA) is 84.2 Å². The summed E-state index contributed by atoms with van der Waals surface area (Å²) >= 11 is 1.95. The number of unbranched alkanes of at least 4 members (excludes halogenated alkanes) is 1. The number of rotatable bonds is 8. The second-order valence-electron chi connectivity index (χ2n) is 6.33. The number of aldehydes is 1. The molecule has 0 unspecified atom stereocenters. The van der Waals surface area contributed by atoms with Crippen molar-refractivity contribution in [2.45, 2.75) is 58.8 Å². The predicted octanol–water partition coefficient (Wildman–Crippen LogP) is 4.44. The van der Waals surface area contributed by atoms with Crippen LogP contribution in [-0.2, 0) is 22.4 Å². The second kappa shape index (κ2) is 22.5. The Morgan fingerprint density at radius 1 is 1.10 bits per heavy atom. The van der Waals surface area contributed by atoms with Crippen LogP contribution in [0.15, 0.2) is 24.3 Å². The van der Waals surface area contributed by atoms with Gasteiger partial charge in [0.1, 0.15) is 13.1 Å². The van der Waals surface area contributed by atoms with Crippen LogP contribution in [0.2, 0.25) is 0 Å². The molecule has 0 saturated carbocycles. The third kappa shape index (κ3) is 14.8. The fraction of sp³-hybridized carbons (Fsp3) is 0.565. The first-order valence-corrected chi connectivity index (χ1v) is 11.1. The monoisotopic (exact) mass is 423 g/mol. The molecule has 0 amide bonds. The van der Waals surface area contributed by atoms with Crippen molar-refractivity contribution in [3.8, 4) is 0 Å². The normalized spacial score (nSPS) is 12.0. The number of thiophene rings is 1. The summed E-state index contributed by atoms with van der Waals surface area (Å²) in [6, 6.07) is 0. The molecule has 5 nitrogen and oxygen atoms in total. The first-order chi connectivity index (χ1) is 14.2. The number of carbonyl (C=O) groups is 2. The van der Waals surface area contributed by atoms with E-state index >= 15 is 0 Å². The molecule has 0 saturated heterocycles. The first-order valence-electron chi connectivity index (χ1n) is 10.3. The first kappa shape index (κ1) is 29.4. The summed E-state index contributed by atoms with van der Waals surface area (Å²) in [5, 5.41) is 7.54. The lowest BCUT2D eigenvalue weighted by molar-refractivity contribution is -0.107. The molecule has 4 N–H and O–H groups in total. The fourth-order valence-electron chi connectivity index (χ4n) is 2.70.